The SMILES string of the molecule is CC(=O)O[C@@H]1[C@@H](OC(C)=O)[C@H](C)O[C@@H](OC[C@H]2O[C@H](OC(=N)C(Cl)(Cl)Cl)[C@H](OC(=O)c3ccccc3)[C@@H](OC(=O)c3ccccc3)[C@@H]2OC(=O)c2ccccc2)[C@@H]1OC(C)=O. The molecule has 0 bridgehead atoms. The Kier molecular flexibility index (Phi) is 16.1. The van der Waals surface area contributed by atoms with E-state index < -0.39 is 114 Å². The van der Waals surface area contributed by atoms with Gasteiger partial charge in [-0.1, -0.05) is 89.4 Å². The maximum absolute atomic E-state index is 13.9. The van der Waals surface area contributed by atoms with Crippen molar-refractivity contribution < 1.29 is 76.1 Å². The molecule has 0 amide bonds. The van der Waals surface area contributed by atoms with Gasteiger partial charge < -0.3 is 47.4 Å². The van der Waals surface area contributed by atoms with Gasteiger partial charge in [0.2, 0.25) is 18.3 Å². The predicted molar refractivity (Wildman–Crippen MR) is 212 cm³/mol. The van der Waals surface area contributed by atoms with Crippen LogP contribution >= 0.6 is 34.8 Å². The topological polar surface area (TPSA) is 219 Å². The Morgan fingerprint density at radius 1 is 0.525 bits per heavy atom. The van der Waals surface area contributed by atoms with Gasteiger partial charge in [0.05, 0.1) is 29.4 Å². The Morgan fingerprint density at radius 2 is 0.902 bits per heavy atom. The molecule has 61 heavy (non-hydrogen) atoms. The minimum absolute atomic E-state index is 0.0298. The standard InChI is InChI=1S/C41H40Cl3NO16/c1-21-29(54-22(2)46)31(55-23(3)47)33(56-24(4)48)38(53-21)52-20-28-30(58-35(49)25-14-8-5-9-15-25)32(59-36(50)26-16-10-6-11-17-26)34(39(57-28)61-40(45)41(42,43)44)60-37(51)27-18-12-7-13-19-27/h5-19,21,28-34,38-39,45H,20H2,1-4H3/t21-,28+,29-,30+,31+,32-,33+,34+,38+,39+/m0/s1. The van der Waals surface area contributed by atoms with Crippen LogP contribution in [0.3, 0.4) is 0 Å². The van der Waals surface area contributed by atoms with E-state index >= 15 is 0 Å². The average molecular weight is 909 g/mol. The summed E-state index contributed by atoms with van der Waals surface area (Å²) in [5.74, 6) is -6.40. The number of nitrogens with one attached hydrogen (secondary N) is 1. The third-order valence-corrected chi connectivity index (χ3v) is 9.41. The van der Waals surface area contributed by atoms with E-state index in [4.69, 9.17) is 87.6 Å². The molecule has 0 aliphatic carbocycles. The molecule has 0 spiro atoms. The number of halogens is 3. The van der Waals surface area contributed by atoms with Crippen LogP contribution in [0.1, 0.15) is 58.8 Å². The number of hydrogen-bond acceptors (Lipinski definition) is 17. The zero-order valence-electron chi connectivity index (χ0n) is 32.8. The lowest BCUT2D eigenvalue weighted by Crippen LogP contribution is -2.64. The highest BCUT2D eigenvalue weighted by Crippen LogP contribution is 2.36. The largest absolute Gasteiger partial charge is 0.456 e. The summed E-state index contributed by atoms with van der Waals surface area (Å²) >= 11 is 18.0. The minimum Gasteiger partial charge on any atom is -0.456 e. The predicted octanol–water partition coefficient (Wildman–Crippen LogP) is 5.31. The van der Waals surface area contributed by atoms with E-state index in [0.717, 1.165) is 20.8 Å². The van der Waals surface area contributed by atoms with Crippen molar-refractivity contribution in [3.05, 3.63) is 108 Å². The first-order valence-electron chi connectivity index (χ1n) is 18.5. The van der Waals surface area contributed by atoms with Gasteiger partial charge >= 0.3 is 35.8 Å². The molecular formula is C41H40Cl3NO16. The van der Waals surface area contributed by atoms with E-state index in [-0.39, 0.29) is 16.7 Å². The van der Waals surface area contributed by atoms with Crippen LogP contribution in [0.25, 0.3) is 0 Å². The van der Waals surface area contributed by atoms with Gasteiger partial charge in [0.1, 0.15) is 6.10 Å². The van der Waals surface area contributed by atoms with Crippen molar-refractivity contribution >= 4 is 76.5 Å². The molecule has 5 rings (SSSR count). The van der Waals surface area contributed by atoms with E-state index in [1.165, 1.54) is 43.3 Å². The molecule has 0 unspecified atom stereocenters. The highest BCUT2D eigenvalue weighted by molar-refractivity contribution is 6.76. The normalized spacial score (nSPS) is 26.1. The van der Waals surface area contributed by atoms with Crippen molar-refractivity contribution in [2.24, 2.45) is 0 Å². The van der Waals surface area contributed by atoms with Crippen LogP contribution < -0.4 is 0 Å². The van der Waals surface area contributed by atoms with Crippen LogP contribution in [-0.4, -0.2) is 114 Å². The van der Waals surface area contributed by atoms with Gasteiger partial charge in [-0.3, -0.25) is 19.8 Å². The number of alkyl halides is 3. The van der Waals surface area contributed by atoms with E-state index in [1.807, 2.05) is 0 Å². The molecule has 2 saturated heterocycles. The van der Waals surface area contributed by atoms with Crippen LogP contribution in [-0.2, 0) is 61.8 Å². The first-order valence-corrected chi connectivity index (χ1v) is 19.6. The lowest BCUT2D eigenvalue weighted by atomic mass is 9.97. The van der Waals surface area contributed by atoms with Crippen molar-refractivity contribution in [3.8, 4) is 0 Å². The van der Waals surface area contributed by atoms with Gasteiger partial charge in [0, 0.05) is 20.8 Å². The van der Waals surface area contributed by atoms with Crippen molar-refractivity contribution in [1.82, 2.24) is 0 Å². The van der Waals surface area contributed by atoms with E-state index in [0.29, 0.717) is 0 Å². The van der Waals surface area contributed by atoms with Crippen molar-refractivity contribution in [2.75, 3.05) is 6.61 Å². The third kappa shape index (κ3) is 12.6. The monoisotopic (exact) mass is 907 g/mol. The summed E-state index contributed by atoms with van der Waals surface area (Å²) in [6, 6.07) is 22.9. The molecule has 0 aromatic heterocycles. The molecule has 10 atom stereocenters. The minimum atomic E-state index is -2.50. The molecule has 2 fully saturated rings. The van der Waals surface area contributed by atoms with Crippen LogP contribution in [0.4, 0.5) is 0 Å². The van der Waals surface area contributed by atoms with Crippen LogP contribution in [0.2, 0.25) is 0 Å². The van der Waals surface area contributed by atoms with E-state index in [2.05, 4.69) is 0 Å². The third-order valence-electron chi connectivity index (χ3n) is 8.90. The summed E-state index contributed by atoms with van der Waals surface area (Å²) in [4.78, 5) is 78.2. The van der Waals surface area contributed by atoms with Crippen LogP contribution in [0, 0.1) is 5.41 Å². The first kappa shape index (κ1) is 46.8. The van der Waals surface area contributed by atoms with Crippen molar-refractivity contribution in [3.63, 3.8) is 0 Å². The second kappa shape index (κ2) is 21.0. The fourth-order valence-electron chi connectivity index (χ4n) is 6.28. The molecule has 2 aliphatic heterocycles. The Bertz CT molecular complexity index is 2040. The summed E-state index contributed by atoms with van der Waals surface area (Å²) < 4.78 is 55.8. The smallest absolute Gasteiger partial charge is 0.338 e. The Morgan fingerprint density at radius 3 is 1.34 bits per heavy atom. The molecule has 3 aromatic carbocycles. The van der Waals surface area contributed by atoms with Gasteiger partial charge in [0.25, 0.3) is 3.79 Å². The first-order chi connectivity index (χ1) is 28.9. The Balaban J connectivity index is 1.61. The second-order valence-corrected chi connectivity index (χ2v) is 15.7. The molecule has 1 N–H and O–H groups in total. The summed E-state index contributed by atoms with van der Waals surface area (Å²) in [6.45, 7) is 4.02. The molecule has 326 valence electrons. The zero-order valence-corrected chi connectivity index (χ0v) is 35.1. The molecule has 0 radical (unpaired) electrons. The van der Waals surface area contributed by atoms with Gasteiger partial charge in [-0.25, -0.2) is 14.4 Å². The number of esters is 6. The zero-order chi connectivity index (χ0) is 44.4. The quantitative estimate of drug-likeness (QED) is 0.0756. The van der Waals surface area contributed by atoms with Crippen molar-refractivity contribution in [1.29, 1.82) is 5.41 Å². The van der Waals surface area contributed by atoms with Crippen LogP contribution in [0.5, 0.6) is 0 Å². The fourth-order valence-corrected chi connectivity index (χ4v) is 6.42. The van der Waals surface area contributed by atoms with Gasteiger partial charge in [-0.2, -0.15) is 0 Å². The summed E-state index contributed by atoms with van der Waals surface area (Å²) in [6.07, 6.45) is -16.0. The number of carbonyl (C=O) groups is 6. The van der Waals surface area contributed by atoms with Crippen molar-refractivity contribution in [2.45, 2.75) is 92.9 Å². The molecule has 3 aromatic rings. The number of benzene rings is 3. The summed E-state index contributed by atoms with van der Waals surface area (Å²) in [7, 11) is 0. The molecule has 2 aliphatic rings. The number of carbonyl (C=O) groups excluding carboxylic acids is 6. The highest BCUT2D eigenvalue weighted by atomic mass is 35.6. The Hall–Kier alpha value is -5.30. The number of rotatable bonds is 13. The van der Waals surface area contributed by atoms with E-state index in [9.17, 15) is 28.8 Å². The lowest BCUT2D eigenvalue weighted by Gasteiger charge is -2.46. The van der Waals surface area contributed by atoms with Gasteiger partial charge in [-0.15, -0.1) is 0 Å². The molecular weight excluding hydrogens is 869 g/mol. The highest BCUT2D eigenvalue weighted by Gasteiger charge is 2.56. The average Bonchev–Trinajstić information content (AvgIpc) is 3.21. The molecule has 17 nitrogen and oxygen atoms in total. The number of ether oxygens (including phenoxy) is 10. The summed E-state index contributed by atoms with van der Waals surface area (Å²) in [5.41, 5.74) is 0.107. The lowest BCUT2D eigenvalue weighted by molar-refractivity contribution is -0.321. The van der Waals surface area contributed by atoms with Gasteiger partial charge in [-0.05, 0) is 43.3 Å². The van der Waals surface area contributed by atoms with E-state index in [1.54, 1.807) is 54.6 Å². The number of hydrogen-bond donors (Lipinski definition) is 1. The van der Waals surface area contributed by atoms with Gasteiger partial charge in [0.15, 0.2) is 36.8 Å². The second-order valence-electron chi connectivity index (χ2n) is 13.5. The Labute approximate surface area is 364 Å². The molecule has 2 heterocycles. The fraction of sp³-hybridized carbons (Fsp3) is 0.390. The maximum atomic E-state index is 13.9. The maximum Gasteiger partial charge on any atom is 0.338 e. The summed E-state index contributed by atoms with van der Waals surface area (Å²) in [5, 5.41) is 8.41. The van der Waals surface area contributed by atoms with Crippen LogP contribution in [0.15, 0.2) is 91.0 Å². The molecule has 20 heteroatoms. The molecule has 0 saturated carbocycles.